The topological polar surface area (TPSA) is 0 Å². The van der Waals surface area contributed by atoms with E-state index in [4.69, 9.17) is 0 Å². The first-order valence-electron chi connectivity index (χ1n) is 4.82. The first-order valence-corrected chi connectivity index (χ1v) is 5.97. The minimum atomic E-state index is -5.81. The van der Waals surface area contributed by atoms with E-state index in [-0.39, 0.29) is 0 Å². The Morgan fingerprint density at radius 1 is 0.476 bits per heavy atom. The molecule has 0 unspecified atom stereocenters. The van der Waals surface area contributed by atoms with Crippen molar-refractivity contribution in [2.75, 3.05) is 11.5 Å². The van der Waals surface area contributed by atoms with Crippen molar-refractivity contribution < 1.29 is 52.7 Å². The van der Waals surface area contributed by atoms with Crippen molar-refractivity contribution in [2.24, 2.45) is 11.8 Å². The van der Waals surface area contributed by atoms with Crippen LogP contribution in [-0.2, 0) is 0 Å². The minimum Gasteiger partial charge on any atom is -0.170 e. The lowest BCUT2D eigenvalue weighted by atomic mass is 10.1. The third-order valence-corrected chi connectivity index (χ3v) is 3.29. The van der Waals surface area contributed by atoms with Crippen molar-refractivity contribution in [1.82, 2.24) is 0 Å². The van der Waals surface area contributed by atoms with E-state index in [1.165, 1.54) is 0 Å². The lowest BCUT2D eigenvalue weighted by Crippen LogP contribution is -2.40. The van der Waals surface area contributed by atoms with Crippen LogP contribution in [0.1, 0.15) is 0 Å². The van der Waals surface area contributed by atoms with Crippen LogP contribution in [0.3, 0.4) is 0 Å². The fourth-order valence-electron chi connectivity index (χ4n) is 1.05. The molecule has 0 aliphatic rings. The predicted octanol–water partition coefficient (Wildman–Crippen LogP) is 5.20. The van der Waals surface area contributed by atoms with Crippen LogP contribution >= 0.6 is 11.8 Å². The zero-order valence-corrected chi connectivity index (χ0v) is 10.3. The largest absolute Gasteiger partial charge is 0.401 e. The van der Waals surface area contributed by atoms with E-state index in [0.717, 1.165) is 0 Å². The molecule has 0 atom stereocenters. The monoisotopic (exact) mass is 362 g/mol. The van der Waals surface area contributed by atoms with Crippen molar-refractivity contribution in [3.63, 3.8) is 0 Å². The highest BCUT2D eigenvalue weighted by Crippen LogP contribution is 2.44. The smallest absolute Gasteiger partial charge is 0.170 e. The molecule has 21 heavy (non-hydrogen) atoms. The summed E-state index contributed by atoms with van der Waals surface area (Å²) in [4.78, 5) is 0. The van der Waals surface area contributed by atoms with Crippen molar-refractivity contribution in [3.8, 4) is 0 Å². The zero-order valence-electron chi connectivity index (χ0n) is 9.51. The number of thioether (sulfide) groups is 1. The van der Waals surface area contributed by atoms with Gasteiger partial charge < -0.3 is 0 Å². The Hall–Kier alpha value is -0.490. The summed E-state index contributed by atoms with van der Waals surface area (Å²) in [6.07, 6.45) is -23.2. The van der Waals surface area contributed by atoms with E-state index in [2.05, 4.69) is 0 Å². The number of halogens is 12. The van der Waals surface area contributed by atoms with Crippen molar-refractivity contribution in [3.05, 3.63) is 0 Å². The molecule has 0 saturated heterocycles. The number of hydrogen-bond donors (Lipinski definition) is 0. The Morgan fingerprint density at radius 2 is 0.667 bits per heavy atom. The van der Waals surface area contributed by atoms with Gasteiger partial charge in [0.2, 0.25) is 0 Å². The highest BCUT2D eigenvalue weighted by atomic mass is 32.2. The Morgan fingerprint density at radius 3 is 0.810 bits per heavy atom. The van der Waals surface area contributed by atoms with Crippen molar-refractivity contribution >= 4 is 11.8 Å². The Kier molecular flexibility index (Phi) is 6.18. The van der Waals surface area contributed by atoms with Gasteiger partial charge in [-0.15, -0.1) is 0 Å². The van der Waals surface area contributed by atoms with Crippen LogP contribution < -0.4 is 0 Å². The van der Waals surface area contributed by atoms with Gasteiger partial charge in [0.05, 0.1) is 0 Å². The molecule has 0 aliphatic carbocycles. The first-order chi connectivity index (χ1) is 8.97. The Balaban J connectivity index is 4.84. The molecule has 0 spiro atoms. The van der Waals surface area contributed by atoms with Gasteiger partial charge in [0.15, 0.2) is 11.8 Å². The van der Waals surface area contributed by atoms with E-state index in [1.54, 1.807) is 0 Å². The first kappa shape index (κ1) is 20.5. The normalized spacial score (nSPS) is 15.1. The van der Waals surface area contributed by atoms with Crippen LogP contribution in [0.4, 0.5) is 52.7 Å². The molecule has 0 bridgehead atoms. The summed E-state index contributed by atoms with van der Waals surface area (Å²) in [5.74, 6) is -11.9. The second-order valence-electron chi connectivity index (χ2n) is 3.81. The molecule has 0 fully saturated rings. The van der Waals surface area contributed by atoms with Crippen LogP contribution in [-0.4, -0.2) is 36.2 Å². The van der Waals surface area contributed by atoms with Crippen molar-refractivity contribution in [1.29, 1.82) is 0 Å². The maximum atomic E-state index is 12.0. The molecule has 0 heterocycles. The summed E-state index contributed by atoms with van der Waals surface area (Å²) >= 11 is -0.703. The molecule has 0 amide bonds. The number of rotatable bonds is 4. The number of hydrogen-bond acceptors (Lipinski definition) is 1. The van der Waals surface area contributed by atoms with Gasteiger partial charge in [-0.05, 0) is 0 Å². The van der Waals surface area contributed by atoms with E-state index >= 15 is 0 Å². The molecule has 13 heteroatoms. The second-order valence-corrected chi connectivity index (χ2v) is 4.88. The standard InChI is InChI=1S/C8H6F12S/c9-5(10,11)3(6(12,13)14)1-21-2-4(7(15,16)17)8(18,19)20/h3-4H,1-2H2. The molecule has 0 radical (unpaired) electrons. The Bertz CT molecular complexity index is 260. The summed E-state index contributed by atoms with van der Waals surface area (Å²) in [7, 11) is 0. The van der Waals surface area contributed by atoms with Gasteiger partial charge in [0, 0.05) is 11.5 Å². The zero-order chi connectivity index (χ0) is 17.3. The molecule has 0 aliphatic heterocycles. The van der Waals surface area contributed by atoms with Crippen LogP contribution in [0.5, 0.6) is 0 Å². The third-order valence-electron chi connectivity index (χ3n) is 2.15. The molecule has 128 valence electrons. The maximum absolute atomic E-state index is 12.0. The van der Waals surface area contributed by atoms with Crippen LogP contribution in [0.15, 0.2) is 0 Å². The van der Waals surface area contributed by atoms with Crippen LogP contribution in [0.2, 0.25) is 0 Å². The molecule has 0 rings (SSSR count). The second kappa shape index (κ2) is 6.32. The van der Waals surface area contributed by atoms with Gasteiger partial charge in [-0.2, -0.15) is 64.4 Å². The van der Waals surface area contributed by atoms with Gasteiger partial charge in [-0.3, -0.25) is 0 Å². The van der Waals surface area contributed by atoms with E-state index in [9.17, 15) is 52.7 Å². The average molecular weight is 362 g/mol. The van der Waals surface area contributed by atoms with Crippen LogP contribution in [0, 0.1) is 11.8 Å². The van der Waals surface area contributed by atoms with Crippen molar-refractivity contribution in [2.45, 2.75) is 24.7 Å². The highest BCUT2D eigenvalue weighted by molar-refractivity contribution is 7.99. The molecule has 0 nitrogen and oxygen atoms in total. The molecule has 0 aromatic heterocycles. The summed E-state index contributed by atoms with van der Waals surface area (Å²) in [6.45, 7) is 0. The molecular formula is C8H6F12S. The average Bonchev–Trinajstić information content (AvgIpc) is 2.07. The van der Waals surface area contributed by atoms with Crippen LogP contribution in [0.25, 0.3) is 0 Å². The van der Waals surface area contributed by atoms with Gasteiger partial charge in [-0.1, -0.05) is 0 Å². The summed E-state index contributed by atoms with van der Waals surface area (Å²) < 4.78 is 144. The summed E-state index contributed by atoms with van der Waals surface area (Å²) in [6, 6.07) is 0. The molecule has 0 aromatic rings. The summed E-state index contributed by atoms with van der Waals surface area (Å²) in [5.41, 5.74) is 0. The quantitative estimate of drug-likeness (QED) is 0.620. The third kappa shape index (κ3) is 6.87. The Labute approximate surface area is 113 Å². The van der Waals surface area contributed by atoms with Gasteiger partial charge in [0.25, 0.3) is 0 Å². The van der Waals surface area contributed by atoms with E-state index in [0.29, 0.717) is 0 Å². The SMILES string of the molecule is FC(F)(F)C(CSCC(C(F)(F)F)C(F)(F)F)C(F)(F)F. The predicted molar refractivity (Wildman–Crippen MR) is 48.5 cm³/mol. The number of alkyl halides is 12. The molecular weight excluding hydrogens is 356 g/mol. The molecule has 0 saturated carbocycles. The minimum absolute atomic E-state index is 0.703. The van der Waals surface area contributed by atoms with E-state index in [1.807, 2.05) is 0 Å². The van der Waals surface area contributed by atoms with Gasteiger partial charge in [0.1, 0.15) is 0 Å². The molecule has 0 N–H and O–H groups in total. The lowest BCUT2D eigenvalue weighted by Gasteiger charge is -2.25. The molecule has 0 aromatic carbocycles. The fraction of sp³-hybridized carbons (Fsp3) is 1.00. The van der Waals surface area contributed by atoms with Gasteiger partial charge in [-0.25, -0.2) is 0 Å². The summed E-state index contributed by atoms with van der Waals surface area (Å²) in [5, 5.41) is 0. The van der Waals surface area contributed by atoms with E-state index < -0.39 is 59.8 Å². The highest BCUT2D eigenvalue weighted by Gasteiger charge is 2.58. The van der Waals surface area contributed by atoms with Gasteiger partial charge >= 0.3 is 24.7 Å². The lowest BCUT2D eigenvalue weighted by molar-refractivity contribution is -0.276. The fourth-order valence-corrected chi connectivity index (χ4v) is 2.42. The maximum Gasteiger partial charge on any atom is 0.401 e.